The average Bonchev–Trinajstić information content (AvgIpc) is 2.33. The number of nitrogen functional groups attached to an aromatic ring is 1. The largest absolute Gasteiger partial charge is 0.494 e. The van der Waals surface area contributed by atoms with Crippen molar-refractivity contribution in [2.75, 3.05) is 51.0 Å². The van der Waals surface area contributed by atoms with Gasteiger partial charge in [-0.05, 0) is 13.1 Å². The first-order valence-corrected chi connectivity index (χ1v) is 5.68. The highest BCUT2D eigenvalue weighted by Gasteiger charge is 2.19. The maximum absolute atomic E-state index is 13.3. The molecule has 0 unspecified atom stereocenters. The first kappa shape index (κ1) is 12.0. The topological polar surface area (TPSA) is 41.7 Å². The Balaban J connectivity index is 2.27. The quantitative estimate of drug-likeness (QED) is 0.787. The van der Waals surface area contributed by atoms with Crippen LogP contribution in [0, 0.1) is 5.82 Å². The SMILES string of the molecule is COc1cc(F)c(N)cc1N1CCN(C)CC1. The summed E-state index contributed by atoms with van der Waals surface area (Å²) in [6, 6.07) is 3.00. The summed E-state index contributed by atoms with van der Waals surface area (Å²) >= 11 is 0. The second-order valence-corrected chi connectivity index (χ2v) is 4.34. The molecule has 1 aromatic carbocycles. The van der Waals surface area contributed by atoms with Crippen molar-refractivity contribution in [3.8, 4) is 5.75 Å². The van der Waals surface area contributed by atoms with E-state index >= 15 is 0 Å². The molecule has 0 atom stereocenters. The number of nitrogens with zero attached hydrogens (tertiary/aromatic N) is 2. The van der Waals surface area contributed by atoms with E-state index in [4.69, 9.17) is 10.5 Å². The molecule has 0 aliphatic carbocycles. The molecule has 0 radical (unpaired) electrons. The third-order valence-electron chi connectivity index (χ3n) is 3.14. The van der Waals surface area contributed by atoms with Gasteiger partial charge in [-0.2, -0.15) is 0 Å². The van der Waals surface area contributed by atoms with E-state index in [1.165, 1.54) is 6.07 Å². The van der Waals surface area contributed by atoms with Gasteiger partial charge in [0.25, 0.3) is 0 Å². The lowest BCUT2D eigenvalue weighted by atomic mass is 10.2. The van der Waals surface area contributed by atoms with Crippen molar-refractivity contribution in [1.82, 2.24) is 4.90 Å². The van der Waals surface area contributed by atoms with E-state index in [0.29, 0.717) is 5.75 Å². The Morgan fingerprint density at radius 2 is 1.88 bits per heavy atom. The van der Waals surface area contributed by atoms with E-state index in [0.717, 1.165) is 31.9 Å². The Morgan fingerprint density at radius 3 is 2.47 bits per heavy atom. The lowest BCUT2D eigenvalue weighted by Crippen LogP contribution is -2.44. The van der Waals surface area contributed by atoms with Gasteiger partial charge in [0.15, 0.2) is 0 Å². The number of methoxy groups -OCH3 is 1. The number of anilines is 2. The van der Waals surface area contributed by atoms with Crippen molar-refractivity contribution in [3.63, 3.8) is 0 Å². The first-order chi connectivity index (χ1) is 8.11. The molecule has 1 saturated heterocycles. The van der Waals surface area contributed by atoms with Crippen LogP contribution in [0.15, 0.2) is 12.1 Å². The Kier molecular flexibility index (Phi) is 3.38. The van der Waals surface area contributed by atoms with Crippen LogP contribution in [0.2, 0.25) is 0 Å². The normalized spacial score (nSPS) is 17.2. The molecule has 4 nitrogen and oxygen atoms in total. The van der Waals surface area contributed by atoms with Crippen LogP contribution in [0.1, 0.15) is 0 Å². The molecule has 1 heterocycles. The van der Waals surface area contributed by atoms with Crippen molar-refractivity contribution >= 4 is 11.4 Å². The summed E-state index contributed by atoms with van der Waals surface area (Å²) in [4.78, 5) is 4.44. The second kappa shape index (κ2) is 4.79. The van der Waals surface area contributed by atoms with E-state index in [1.807, 2.05) is 0 Å². The molecule has 1 aliphatic heterocycles. The third-order valence-corrected chi connectivity index (χ3v) is 3.14. The minimum Gasteiger partial charge on any atom is -0.494 e. The first-order valence-electron chi connectivity index (χ1n) is 5.68. The second-order valence-electron chi connectivity index (χ2n) is 4.34. The van der Waals surface area contributed by atoms with Gasteiger partial charge < -0.3 is 20.3 Å². The van der Waals surface area contributed by atoms with E-state index in [-0.39, 0.29) is 5.69 Å². The van der Waals surface area contributed by atoms with Gasteiger partial charge in [0, 0.05) is 32.2 Å². The van der Waals surface area contributed by atoms with Crippen molar-refractivity contribution < 1.29 is 9.13 Å². The molecule has 0 aromatic heterocycles. The fraction of sp³-hybridized carbons (Fsp3) is 0.500. The Morgan fingerprint density at radius 1 is 1.24 bits per heavy atom. The zero-order valence-electron chi connectivity index (χ0n) is 10.2. The van der Waals surface area contributed by atoms with Gasteiger partial charge in [-0.15, -0.1) is 0 Å². The fourth-order valence-electron chi connectivity index (χ4n) is 2.02. The van der Waals surface area contributed by atoms with E-state index < -0.39 is 5.82 Å². The van der Waals surface area contributed by atoms with Gasteiger partial charge in [0.1, 0.15) is 11.6 Å². The van der Waals surface area contributed by atoms with Crippen LogP contribution in [0.3, 0.4) is 0 Å². The lowest BCUT2D eigenvalue weighted by molar-refractivity contribution is 0.311. The number of halogens is 1. The van der Waals surface area contributed by atoms with Crippen LogP contribution < -0.4 is 15.4 Å². The van der Waals surface area contributed by atoms with Crippen LogP contribution in [-0.4, -0.2) is 45.2 Å². The molecule has 0 amide bonds. The minimum absolute atomic E-state index is 0.166. The zero-order chi connectivity index (χ0) is 12.4. The molecule has 1 aliphatic rings. The number of benzene rings is 1. The Labute approximate surface area is 101 Å². The standard InChI is InChI=1S/C12H18FN3O/c1-15-3-5-16(6-4-15)11-8-10(14)9(13)7-12(11)17-2/h7-8H,3-6,14H2,1-2H3. The molecule has 0 bridgehead atoms. The van der Waals surface area contributed by atoms with Crippen molar-refractivity contribution in [2.24, 2.45) is 0 Å². The highest BCUT2D eigenvalue weighted by atomic mass is 19.1. The highest BCUT2D eigenvalue weighted by Crippen LogP contribution is 2.32. The summed E-state index contributed by atoms with van der Waals surface area (Å²) in [5.74, 6) is 0.112. The summed E-state index contributed by atoms with van der Waals surface area (Å²) in [6.07, 6.45) is 0. The van der Waals surface area contributed by atoms with Gasteiger partial charge >= 0.3 is 0 Å². The van der Waals surface area contributed by atoms with Crippen molar-refractivity contribution in [3.05, 3.63) is 17.9 Å². The maximum atomic E-state index is 13.3. The minimum atomic E-state index is -0.431. The molecule has 94 valence electrons. The van der Waals surface area contributed by atoms with Gasteiger partial charge in [-0.3, -0.25) is 0 Å². The predicted molar refractivity (Wildman–Crippen MR) is 67.1 cm³/mol. The molecule has 0 spiro atoms. The van der Waals surface area contributed by atoms with Crippen LogP contribution in [0.4, 0.5) is 15.8 Å². The number of ether oxygens (including phenoxy) is 1. The number of rotatable bonds is 2. The lowest BCUT2D eigenvalue weighted by Gasteiger charge is -2.34. The summed E-state index contributed by atoms with van der Waals surface area (Å²) < 4.78 is 18.6. The molecule has 2 rings (SSSR count). The molecule has 1 fully saturated rings. The van der Waals surface area contributed by atoms with Gasteiger partial charge in [-0.25, -0.2) is 4.39 Å². The van der Waals surface area contributed by atoms with Crippen LogP contribution in [-0.2, 0) is 0 Å². The number of nitrogens with two attached hydrogens (primary N) is 1. The van der Waals surface area contributed by atoms with Crippen LogP contribution >= 0.6 is 0 Å². The molecule has 0 saturated carbocycles. The molecule has 17 heavy (non-hydrogen) atoms. The molecular weight excluding hydrogens is 221 g/mol. The number of hydrogen-bond donors (Lipinski definition) is 1. The monoisotopic (exact) mass is 239 g/mol. The molecule has 2 N–H and O–H groups in total. The van der Waals surface area contributed by atoms with Crippen molar-refractivity contribution in [2.45, 2.75) is 0 Å². The Bertz CT molecular complexity index is 403. The van der Waals surface area contributed by atoms with Crippen molar-refractivity contribution in [1.29, 1.82) is 0 Å². The highest BCUT2D eigenvalue weighted by molar-refractivity contribution is 5.65. The van der Waals surface area contributed by atoms with Gasteiger partial charge in [-0.1, -0.05) is 0 Å². The van der Waals surface area contributed by atoms with Crippen LogP contribution in [0.5, 0.6) is 5.75 Å². The van der Waals surface area contributed by atoms with Crippen LogP contribution in [0.25, 0.3) is 0 Å². The zero-order valence-corrected chi connectivity index (χ0v) is 10.2. The smallest absolute Gasteiger partial charge is 0.149 e. The molecular formula is C12H18FN3O. The van der Waals surface area contributed by atoms with E-state index in [1.54, 1.807) is 13.2 Å². The Hall–Kier alpha value is -1.49. The summed E-state index contributed by atoms with van der Waals surface area (Å²) in [5.41, 5.74) is 6.65. The number of hydrogen-bond acceptors (Lipinski definition) is 4. The molecule has 1 aromatic rings. The summed E-state index contributed by atoms with van der Waals surface area (Å²) in [7, 11) is 3.64. The van der Waals surface area contributed by atoms with E-state index in [2.05, 4.69) is 16.8 Å². The fourth-order valence-corrected chi connectivity index (χ4v) is 2.02. The predicted octanol–water partition coefficient (Wildman–Crippen LogP) is 1.17. The average molecular weight is 239 g/mol. The van der Waals surface area contributed by atoms with Gasteiger partial charge in [0.05, 0.1) is 18.5 Å². The summed E-state index contributed by atoms with van der Waals surface area (Å²) in [6.45, 7) is 3.77. The van der Waals surface area contributed by atoms with E-state index in [9.17, 15) is 4.39 Å². The number of piperazine rings is 1. The maximum Gasteiger partial charge on any atom is 0.149 e. The molecule has 5 heteroatoms. The van der Waals surface area contributed by atoms with Gasteiger partial charge in [0.2, 0.25) is 0 Å². The summed E-state index contributed by atoms with van der Waals surface area (Å²) in [5, 5.41) is 0. The third kappa shape index (κ3) is 2.44. The number of likely N-dealkylation sites (N-methyl/N-ethyl adjacent to an activating group) is 1.